The lowest BCUT2D eigenvalue weighted by Crippen LogP contribution is -2.54. The fourth-order valence-corrected chi connectivity index (χ4v) is 5.69. The second kappa shape index (κ2) is 13.1. The minimum absolute atomic E-state index is 0.0224. The molecular weight excluding hydrogens is 542 g/mol. The molecule has 3 aromatic rings. The molecule has 0 saturated heterocycles. The van der Waals surface area contributed by atoms with E-state index < -0.39 is 34.1 Å². The maximum absolute atomic E-state index is 14.1. The Hall–Kier alpha value is -4.05. The molecule has 0 aliphatic carbocycles. The second-order valence-corrected chi connectivity index (χ2v) is 12.7. The van der Waals surface area contributed by atoms with E-state index in [-0.39, 0.29) is 23.0 Å². The maximum atomic E-state index is 14.1. The summed E-state index contributed by atoms with van der Waals surface area (Å²) in [6.07, 6.45) is 0. The van der Waals surface area contributed by atoms with Crippen LogP contribution in [0.3, 0.4) is 0 Å². The maximum Gasteiger partial charge on any atom is 0.264 e. The van der Waals surface area contributed by atoms with Gasteiger partial charge < -0.3 is 19.7 Å². The van der Waals surface area contributed by atoms with Gasteiger partial charge in [0.05, 0.1) is 24.8 Å². The number of methoxy groups -OCH3 is 2. The summed E-state index contributed by atoms with van der Waals surface area (Å²) in [7, 11) is -1.22. The molecule has 1 atom stereocenters. The Kier molecular flexibility index (Phi) is 10.0. The second-order valence-electron chi connectivity index (χ2n) is 10.8. The first kappa shape index (κ1) is 31.5. The highest BCUT2D eigenvalue weighted by Gasteiger charge is 2.34. The molecule has 9 nitrogen and oxygen atoms in total. The number of anilines is 1. The fourth-order valence-electron chi connectivity index (χ4n) is 4.25. The van der Waals surface area contributed by atoms with Crippen LogP contribution in [0.5, 0.6) is 11.5 Å². The number of aryl methyl sites for hydroxylation is 1. The van der Waals surface area contributed by atoms with Crippen LogP contribution >= 0.6 is 0 Å². The van der Waals surface area contributed by atoms with Crippen LogP contribution in [0.15, 0.2) is 77.7 Å². The van der Waals surface area contributed by atoms with Gasteiger partial charge in [0.25, 0.3) is 10.0 Å². The Morgan fingerprint density at radius 3 is 2.22 bits per heavy atom. The van der Waals surface area contributed by atoms with E-state index in [1.54, 1.807) is 68.6 Å². The molecule has 1 N–H and O–H groups in total. The largest absolute Gasteiger partial charge is 0.497 e. The van der Waals surface area contributed by atoms with Gasteiger partial charge >= 0.3 is 0 Å². The van der Waals surface area contributed by atoms with E-state index in [9.17, 15) is 18.0 Å². The van der Waals surface area contributed by atoms with Gasteiger partial charge in [-0.1, -0.05) is 36.4 Å². The minimum Gasteiger partial charge on any atom is -0.497 e. The Morgan fingerprint density at radius 1 is 0.927 bits per heavy atom. The summed E-state index contributed by atoms with van der Waals surface area (Å²) in [4.78, 5) is 28.8. The third-order valence-electron chi connectivity index (χ3n) is 6.37. The monoisotopic (exact) mass is 581 g/mol. The molecule has 0 spiro atoms. The number of nitrogens with zero attached hydrogens (tertiary/aromatic N) is 2. The van der Waals surface area contributed by atoms with Gasteiger partial charge in [-0.25, -0.2) is 8.42 Å². The topological polar surface area (TPSA) is 105 Å². The zero-order valence-electron chi connectivity index (χ0n) is 24.7. The van der Waals surface area contributed by atoms with Crippen molar-refractivity contribution in [2.24, 2.45) is 0 Å². The van der Waals surface area contributed by atoms with Crippen molar-refractivity contribution in [3.63, 3.8) is 0 Å². The number of carbonyl (C=O) groups is 2. The smallest absolute Gasteiger partial charge is 0.264 e. The number of nitrogens with one attached hydrogen (secondary N) is 1. The Bertz CT molecular complexity index is 1470. The van der Waals surface area contributed by atoms with Crippen molar-refractivity contribution < 1.29 is 27.5 Å². The molecule has 220 valence electrons. The molecule has 0 aliphatic rings. The highest BCUT2D eigenvalue weighted by Crippen LogP contribution is 2.33. The molecule has 3 rings (SSSR count). The molecule has 0 fully saturated rings. The normalized spacial score (nSPS) is 12.3. The molecule has 0 aliphatic heterocycles. The first-order valence-electron chi connectivity index (χ1n) is 13.2. The molecule has 0 saturated carbocycles. The van der Waals surface area contributed by atoms with E-state index in [1.807, 2.05) is 33.8 Å². The first-order chi connectivity index (χ1) is 19.3. The molecule has 0 heterocycles. The number of carbonyl (C=O) groups excluding carboxylic acids is 2. The van der Waals surface area contributed by atoms with E-state index in [4.69, 9.17) is 9.47 Å². The van der Waals surface area contributed by atoms with Crippen LogP contribution in [0.2, 0.25) is 0 Å². The van der Waals surface area contributed by atoms with Crippen LogP contribution in [0.4, 0.5) is 5.69 Å². The number of amides is 2. The van der Waals surface area contributed by atoms with Gasteiger partial charge in [0.15, 0.2) is 0 Å². The van der Waals surface area contributed by atoms with E-state index in [0.29, 0.717) is 11.5 Å². The first-order valence-corrected chi connectivity index (χ1v) is 14.7. The molecule has 10 heteroatoms. The third-order valence-corrected chi connectivity index (χ3v) is 8.14. The zero-order valence-corrected chi connectivity index (χ0v) is 25.5. The number of ether oxygens (including phenoxy) is 2. The van der Waals surface area contributed by atoms with Gasteiger partial charge in [0.2, 0.25) is 11.8 Å². The molecule has 0 unspecified atom stereocenters. The van der Waals surface area contributed by atoms with Gasteiger partial charge in [-0.3, -0.25) is 13.9 Å². The van der Waals surface area contributed by atoms with Crippen molar-refractivity contribution >= 4 is 27.5 Å². The van der Waals surface area contributed by atoms with Gasteiger partial charge in [-0.2, -0.15) is 0 Å². The molecule has 0 aromatic heterocycles. The van der Waals surface area contributed by atoms with Crippen molar-refractivity contribution in [3.8, 4) is 11.5 Å². The standard InChI is InChI=1S/C31H39N3O6S/c1-22-16-17-28(40-7)27(18-22)34(41(37,38)26-14-9-8-10-15-26)21-29(35)33(23(2)30(36)32-31(3,4)5)20-24-12-11-13-25(19-24)39-6/h8-19,23H,20-21H2,1-7H3,(H,32,36)/t23-/m0/s1. The lowest BCUT2D eigenvalue weighted by atomic mass is 10.1. The zero-order chi connectivity index (χ0) is 30.4. The van der Waals surface area contributed by atoms with Crippen LogP contribution in [-0.2, 0) is 26.2 Å². The number of hydrogen-bond acceptors (Lipinski definition) is 6. The summed E-state index contributed by atoms with van der Waals surface area (Å²) in [5, 5.41) is 2.92. The van der Waals surface area contributed by atoms with E-state index in [2.05, 4.69) is 5.32 Å². The van der Waals surface area contributed by atoms with Crippen molar-refractivity contribution in [3.05, 3.63) is 83.9 Å². The van der Waals surface area contributed by atoms with Crippen molar-refractivity contribution in [1.82, 2.24) is 10.2 Å². The van der Waals surface area contributed by atoms with Crippen LogP contribution in [0.25, 0.3) is 0 Å². The number of rotatable bonds is 11. The minimum atomic E-state index is -4.21. The predicted molar refractivity (Wildman–Crippen MR) is 160 cm³/mol. The third kappa shape index (κ3) is 8.00. The lowest BCUT2D eigenvalue weighted by molar-refractivity contribution is -0.140. The average molecular weight is 582 g/mol. The highest BCUT2D eigenvalue weighted by molar-refractivity contribution is 7.92. The molecule has 3 aromatic carbocycles. The van der Waals surface area contributed by atoms with Crippen molar-refractivity contribution in [2.75, 3.05) is 25.1 Å². The quantitative estimate of drug-likeness (QED) is 0.357. The van der Waals surface area contributed by atoms with Crippen LogP contribution in [0, 0.1) is 6.92 Å². The molecule has 41 heavy (non-hydrogen) atoms. The van der Waals surface area contributed by atoms with E-state index >= 15 is 0 Å². The summed E-state index contributed by atoms with van der Waals surface area (Å²) >= 11 is 0. The average Bonchev–Trinajstić information content (AvgIpc) is 2.93. The number of benzene rings is 3. The highest BCUT2D eigenvalue weighted by atomic mass is 32.2. The van der Waals surface area contributed by atoms with E-state index in [0.717, 1.165) is 15.4 Å². The van der Waals surface area contributed by atoms with Crippen LogP contribution in [0.1, 0.15) is 38.8 Å². The molecule has 0 radical (unpaired) electrons. The van der Waals surface area contributed by atoms with Crippen molar-refractivity contribution in [1.29, 1.82) is 0 Å². The number of hydrogen-bond donors (Lipinski definition) is 1. The Morgan fingerprint density at radius 2 is 1.61 bits per heavy atom. The SMILES string of the molecule is COc1cccc(CN(C(=O)CN(c2cc(C)ccc2OC)S(=O)(=O)c2ccccc2)[C@@H](C)C(=O)NC(C)(C)C)c1. The molecular formula is C31H39N3O6S. The molecule has 0 bridgehead atoms. The summed E-state index contributed by atoms with van der Waals surface area (Å²) in [6, 6.07) is 19.3. The van der Waals surface area contributed by atoms with E-state index in [1.165, 1.54) is 24.1 Å². The summed E-state index contributed by atoms with van der Waals surface area (Å²) in [6.45, 7) is 8.50. The van der Waals surface area contributed by atoms with Gasteiger partial charge in [-0.15, -0.1) is 0 Å². The number of sulfonamides is 1. The summed E-state index contributed by atoms with van der Waals surface area (Å²) in [5.41, 5.74) is 1.19. The van der Waals surface area contributed by atoms with Crippen molar-refractivity contribution in [2.45, 2.75) is 57.6 Å². The van der Waals surface area contributed by atoms with Crippen LogP contribution < -0.4 is 19.1 Å². The fraction of sp³-hybridized carbons (Fsp3) is 0.355. The Balaban J connectivity index is 2.10. The van der Waals surface area contributed by atoms with Crippen LogP contribution in [-0.4, -0.2) is 57.5 Å². The summed E-state index contributed by atoms with van der Waals surface area (Å²) < 4.78 is 39.9. The predicted octanol–water partition coefficient (Wildman–Crippen LogP) is 4.54. The van der Waals surface area contributed by atoms with Gasteiger partial charge in [0, 0.05) is 12.1 Å². The van der Waals surface area contributed by atoms with Gasteiger partial charge in [0.1, 0.15) is 24.1 Å². The van der Waals surface area contributed by atoms with Gasteiger partial charge in [-0.05, 0) is 82.1 Å². The Labute approximate surface area is 243 Å². The molecule has 2 amide bonds. The summed E-state index contributed by atoms with van der Waals surface area (Å²) in [5.74, 6) is -0.0351. The lowest BCUT2D eigenvalue weighted by Gasteiger charge is -2.34.